The van der Waals surface area contributed by atoms with E-state index in [0.717, 1.165) is 25.5 Å². The SMILES string of the molecule is [2H]C(C)(C)Oc1ccc(-c2nc(-c3cccc4c3C([2H])([2H])C[C@@H]4NCCC)no2)cc1[N+]#[C-].[2H]C(C)(C)Oc1ccc(-c2nc(-c3cccc4c3CC([2H])([2H])[C@]4([2H])NC([2H])([2H])C([2H])([2H])C)no2)cc1[N+]#[C-].[2H]C([2H])(C)CN[C@]1([2H])c2cccc(-c3noc(-c4ccc(OC([2H])(C)C)c([N+]#[C-])c4)n3)c2CC1([2H])[2H]. The predicted molar refractivity (Wildman–Crippen MR) is 350 cm³/mol. The van der Waals surface area contributed by atoms with Gasteiger partial charge in [0.15, 0.2) is 0 Å². The highest BCUT2D eigenvalue weighted by Gasteiger charge is 2.30. The molecule has 3 aromatic heterocycles. The number of rotatable bonds is 21. The van der Waals surface area contributed by atoms with Gasteiger partial charge in [0.1, 0.15) is 17.2 Å². The zero-order valence-corrected chi connectivity index (χ0v) is 51.2. The van der Waals surface area contributed by atoms with Crippen molar-refractivity contribution in [2.24, 2.45) is 0 Å². The van der Waals surface area contributed by atoms with Crippen molar-refractivity contribution in [1.29, 1.82) is 0 Å². The van der Waals surface area contributed by atoms with Gasteiger partial charge in [0.05, 0.1) is 44.8 Å². The van der Waals surface area contributed by atoms with E-state index in [1.165, 1.54) is 31.2 Å². The summed E-state index contributed by atoms with van der Waals surface area (Å²) in [5.74, 6) is 1.92. The van der Waals surface area contributed by atoms with Gasteiger partial charge < -0.3 is 43.7 Å². The summed E-state index contributed by atoms with van der Waals surface area (Å²) in [5.41, 5.74) is 6.57. The molecule has 18 heteroatoms. The fourth-order valence-corrected chi connectivity index (χ4v) is 10.1. The highest BCUT2D eigenvalue weighted by atomic mass is 16.5. The second kappa shape index (κ2) is 29.7. The Balaban J connectivity index is 0.000000172. The fourth-order valence-electron chi connectivity index (χ4n) is 10.1. The summed E-state index contributed by atoms with van der Waals surface area (Å²) in [4.78, 5) is 23.8. The molecule has 0 spiro atoms. The Morgan fingerprint density at radius 2 is 0.956 bits per heavy atom. The molecular weight excluding hydrogens is 1130 g/mol. The predicted octanol–water partition coefficient (Wildman–Crippen LogP) is 17.2. The number of hydrogen-bond donors (Lipinski definition) is 3. The molecule has 0 bridgehead atoms. The maximum absolute atomic E-state index is 8.92. The lowest BCUT2D eigenvalue weighted by Gasteiger charge is -2.13. The number of ether oxygens (including phenoxy) is 3. The van der Waals surface area contributed by atoms with Crippen LogP contribution in [0.5, 0.6) is 17.2 Å². The molecule has 0 aliphatic heterocycles. The molecule has 3 N–H and O–H groups in total. The normalized spacial score (nSPS) is 22.2. The molecule has 3 heterocycles. The molecule has 0 saturated heterocycles. The first-order valence-corrected chi connectivity index (χ1v) is 29.0. The minimum atomic E-state index is -2.70. The van der Waals surface area contributed by atoms with Crippen molar-refractivity contribution in [1.82, 2.24) is 46.4 Å². The van der Waals surface area contributed by atoms with Crippen LogP contribution in [0.25, 0.3) is 83.1 Å². The van der Waals surface area contributed by atoms with Gasteiger partial charge >= 0.3 is 0 Å². The average molecular weight is 1220 g/mol. The standard InChI is InChI=1S/3C24H26N4O2/c3*1-5-13-26-20-11-10-17-18(20)7-6-8-19(17)23-27-24(30-28-23)16-9-12-22(29-15(2)3)21(14-16)25-4/h3*6-9,12,14-15,20,26H,5,10-11,13H2,1-3H3/t3*20-/m000/s1/i5D2,11D2,13D2,15D,20D;5D2,11D2,15D,20D;10D2,15D. The van der Waals surface area contributed by atoms with Crippen molar-refractivity contribution < 1.29 is 51.1 Å². The largest absolute Gasteiger partial charge is 0.502 e. The molecule has 0 unspecified atom stereocenters. The summed E-state index contributed by atoms with van der Waals surface area (Å²) in [6.07, 6.45) is -12.5. The first-order chi connectivity index (χ1) is 49.6. The van der Waals surface area contributed by atoms with Crippen molar-refractivity contribution in [3.8, 4) is 85.8 Å². The topological polar surface area (TPSA) is 194 Å². The van der Waals surface area contributed by atoms with Crippen LogP contribution in [0.15, 0.2) is 123 Å². The zero-order valence-electron chi connectivity index (χ0n) is 68.2. The van der Waals surface area contributed by atoms with Gasteiger partial charge in [0, 0.05) is 67.9 Å². The van der Waals surface area contributed by atoms with E-state index < -0.39 is 68.6 Å². The number of benzene rings is 6. The molecule has 3 atom stereocenters. The Morgan fingerprint density at radius 1 is 0.544 bits per heavy atom. The summed E-state index contributed by atoms with van der Waals surface area (Å²) < 4.78 is 173. The van der Waals surface area contributed by atoms with Crippen LogP contribution in [0.1, 0.15) is 175 Å². The second-order valence-corrected chi connectivity index (χ2v) is 21.2. The third-order valence-corrected chi connectivity index (χ3v) is 14.0. The molecule has 3 aliphatic carbocycles. The number of nitrogens with zero attached hydrogens (tertiary/aromatic N) is 9. The summed E-state index contributed by atoms with van der Waals surface area (Å²) >= 11 is 0. The third kappa shape index (κ3) is 14.6. The molecule has 18 nitrogen and oxygen atoms in total. The summed E-state index contributed by atoms with van der Waals surface area (Å²) in [6.45, 7) is 34.2. The molecule has 3 aliphatic rings. The highest BCUT2D eigenvalue weighted by molar-refractivity contribution is 5.74. The Labute approximate surface area is 551 Å². The lowest BCUT2D eigenvalue weighted by Crippen LogP contribution is -2.19. The monoisotopic (exact) mass is 1220 g/mol. The van der Waals surface area contributed by atoms with Crippen LogP contribution < -0.4 is 30.2 Å². The average Bonchev–Trinajstić information content (AvgIpc) is 1.58. The van der Waals surface area contributed by atoms with Crippen molar-refractivity contribution in [3.05, 3.63) is 177 Å². The highest BCUT2D eigenvalue weighted by Crippen LogP contribution is 2.42. The van der Waals surface area contributed by atoms with Crippen LogP contribution >= 0.6 is 0 Å². The lowest BCUT2D eigenvalue weighted by atomic mass is 10.0. The van der Waals surface area contributed by atoms with E-state index in [4.69, 9.17) is 70.8 Å². The van der Waals surface area contributed by atoms with Gasteiger partial charge in [-0.3, -0.25) is 0 Å². The molecule has 0 fully saturated rings. The maximum atomic E-state index is 8.92. The van der Waals surface area contributed by atoms with Gasteiger partial charge in [-0.25, -0.2) is 14.5 Å². The molecule has 462 valence electrons. The van der Waals surface area contributed by atoms with E-state index in [1.807, 2.05) is 18.2 Å². The van der Waals surface area contributed by atoms with Crippen LogP contribution in [0.3, 0.4) is 0 Å². The number of fused-ring (bicyclic) bond motifs is 3. The van der Waals surface area contributed by atoms with Gasteiger partial charge in [-0.15, -0.1) is 0 Å². The Morgan fingerprint density at radius 3 is 1.34 bits per heavy atom. The van der Waals surface area contributed by atoms with Crippen molar-refractivity contribution in [2.75, 3.05) is 19.6 Å². The second-order valence-electron chi connectivity index (χ2n) is 21.2. The van der Waals surface area contributed by atoms with Crippen LogP contribution in [0.2, 0.25) is 0 Å². The van der Waals surface area contributed by atoms with Crippen LogP contribution in [-0.2, 0) is 19.2 Å². The minimum absolute atomic E-state index is 0.0590. The number of nitrogens with one attached hydrogen (secondary N) is 3. The molecule has 0 amide bonds. The van der Waals surface area contributed by atoms with Crippen molar-refractivity contribution in [3.63, 3.8) is 0 Å². The van der Waals surface area contributed by atoms with E-state index in [1.54, 1.807) is 108 Å². The van der Waals surface area contributed by atoms with E-state index in [2.05, 4.69) is 67.8 Å². The van der Waals surface area contributed by atoms with Gasteiger partial charge in [0.2, 0.25) is 34.5 Å². The van der Waals surface area contributed by atoms with Gasteiger partial charge in [-0.05, 0) is 207 Å². The fraction of sp³-hybridized carbons (Fsp3) is 0.375. The lowest BCUT2D eigenvalue weighted by molar-refractivity contribution is 0.244. The Kier molecular flexibility index (Phi) is 14.8. The van der Waals surface area contributed by atoms with Gasteiger partial charge in [0.25, 0.3) is 17.7 Å². The smallest absolute Gasteiger partial charge is 0.256 e. The Bertz CT molecular complexity index is 4940. The zero-order chi connectivity index (χ0) is 78.6. The molecule has 9 aromatic rings. The van der Waals surface area contributed by atoms with Gasteiger partial charge in [-0.2, -0.15) is 15.0 Å². The molecule has 0 radical (unpaired) electrons. The molecule has 12 rings (SSSR count). The molecule has 90 heavy (non-hydrogen) atoms. The van der Waals surface area contributed by atoms with E-state index >= 15 is 0 Å². The van der Waals surface area contributed by atoms with Crippen molar-refractivity contribution in [2.45, 2.75) is 156 Å². The first kappa shape index (κ1) is 44.8. The van der Waals surface area contributed by atoms with Crippen LogP contribution in [0.4, 0.5) is 17.1 Å². The molecular formula is C72H78N12O6. The summed E-state index contributed by atoms with van der Waals surface area (Å²) in [6, 6.07) is 25.6. The van der Waals surface area contributed by atoms with Crippen LogP contribution in [-0.4, -0.2) is 68.2 Å². The maximum Gasteiger partial charge on any atom is 0.256 e. The summed E-state index contributed by atoms with van der Waals surface area (Å²) in [7, 11) is 0. The summed E-state index contributed by atoms with van der Waals surface area (Å²) in [5, 5.41) is 20.7. The molecule has 6 aromatic carbocycles. The minimum Gasteiger partial charge on any atom is -0.502 e. The molecule has 0 saturated carbocycles. The number of aromatic nitrogens is 6. The van der Waals surface area contributed by atoms with Crippen LogP contribution in [0, 0.1) is 19.7 Å². The van der Waals surface area contributed by atoms with E-state index in [-0.39, 0.29) is 88.9 Å². The quantitative estimate of drug-likeness (QED) is 0.0575. The number of hydrogen-bond acceptors (Lipinski definition) is 15. The Hall–Kier alpha value is -9.51. The first-order valence-electron chi connectivity index (χ1n) is 37.5. The van der Waals surface area contributed by atoms with Gasteiger partial charge in [-0.1, -0.05) is 90.8 Å². The van der Waals surface area contributed by atoms with Crippen molar-refractivity contribution >= 4 is 17.1 Å². The van der Waals surface area contributed by atoms with E-state index in [9.17, 15) is 0 Å². The third-order valence-electron chi connectivity index (χ3n) is 14.0. The van der Waals surface area contributed by atoms with E-state index in [0.29, 0.717) is 73.6 Å².